The molecule has 1 fully saturated rings. The van der Waals surface area contributed by atoms with Crippen molar-refractivity contribution in [3.63, 3.8) is 0 Å². The van der Waals surface area contributed by atoms with Gasteiger partial charge in [-0.3, -0.25) is 4.21 Å². The zero-order valence-corrected chi connectivity index (χ0v) is 12.3. The molecule has 1 heterocycles. The molecule has 1 unspecified atom stereocenters. The minimum absolute atomic E-state index is 0.348. The Morgan fingerprint density at radius 2 is 1.67 bits per heavy atom. The highest BCUT2D eigenvalue weighted by molar-refractivity contribution is 7.84. The van der Waals surface area contributed by atoms with Crippen LogP contribution in [0.2, 0.25) is 0 Å². The van der Waals surface area contributed by atoms with Gasteiger partial charge < -0.3 is 9.31 Å². The maximum absolute atomic E-state index is 11.5. The Hall–Kier alpha value is -0.645. The minimum Gasteiger partial charge on any atom is -0.399 e. The van der Waals surface area contributed by atoms with Crippen molar-refractivity contribution in [2.75, 3.05) is 6.26 Å². The summed E-state index contributed by atoms with van der Waals surface area (Å²) in [6.07, 6.45) is 1.67. The van der Waals surface area contributed by atoms with Gasteiger partial charge in [0.25, 0.3) is 0 Å². The first-order chi connectivity index (χ1) is 8.23. The van der Waals surface area contributed by atoms with E-state index in [4.69, 9.17) is 9.31 Å². The molecule has 18 heavy (non-hydrogen) atoms. The van der Waals surface area contributed by atoms with Crippen LogP contribution in [0.1, 0.15) is 27.7 Å². The summed E-state index contributed by atoms with van der Waals surface area (Å²) in [5.41, 5.74) is 0.222. The third-order valence-corrected chi connectivity index (χ3v) is 4.63. The Morgan fingerprint density at radius 3 is 2.17 bits per heavy atom. The predicted octanol–water partition coefficient (Wildman–Crippen LogP) is 1.72. The van der Waals surface area contributed by atoms with E-state index in [1.165, 1.54) is 0 Å². The second-order valence-electron chi connectivity index (χ2n) is 5.61. The zero-order valence-electron chi connectivity index (χ0n) is 11.5. The number of benzene rings is 1. The van der Waals surface area contributed by atoms with Gasteiger partial charge in [-0.2, -0.15) is 0 Å². The zero-order chi connectivity index (χ0) is 13.6. The maximum atomic E-state index is 11.5. The number of hydrogen-bond donors (Lipinski definition) is 0. The fourth-order valence-electron chi connectivity index (χ4n) is 1.82. The van der Waals surface area contributed by atoms with E-state index in [-0.39, 0.29) is 11.2 Å². The van der Waals surface area contributed by atoms with Gasteiger partial charge in [0.15, 0.2) is 0 Å². The van der Waals surface area contributed by atoms with E-state index in [0.29, 0.717) is 0 Å². The van der Waals surface area contributed by atoms with Crippen LogP contribution in [0.5, 0.6) is 0 Å². The van der Waals surface area contributed by atoms with Crippen LogP contribution in [0, 0.1) is 0 Å². The molecule has 0 aromatic heterocycles. The van der Waals surface area contributed by atoms with Crippen molar-refractivity contribution in [1.82, 2.24) is 0 Å². The highest BCUT2D eigenvalue weighted by Crippen LogP contribution is 2.36. The van der Waals surface area contributed by atoms with Crippen molar-refractivity contribution in [3.8, 4) is 0 Å². The Balaban J connectivity index is 2.30. The van der Waals surface area contributed by atoms with Gasteiger partial charge in [-0.1, -0.05) is 12.1 Å². The molecular weight excluding hydrogens is 247 g/mol. The van der Waals surface area contributed by atoms with Crippen molar-refractivity contribution in [3.05, 3.63) is 24.3 Å². The lowest BCUT2D eigenvalue weighted by molar-refractivity contribution is 0.00578. The monoisotopic (exact) mass is 266 g/mol. The molecule has 1 aliphatic rings. The quantitative estimate of drug-likeness (QED) is 0.765. The molecule has 1 saturated heterocycles. The molecule has 3 nitrogen and oxygen atoms in total. The topological polar surface area (TPSA) is 35.5 Å². The van der Waals surface area contributed by atoms with E-state index >= 15 is 0 Å². The lowest BCUT2D eigenvalue weighted by Gasteiger charge is -2.32. The molecule has 1 aliphatic heterocycles. The summed E-state index contributed by atoms with van der Waals surface area (Å²) < 4.78 is 23.4. The molecule has 0 saturated carbocycles. The van der Waals surface area contributed by atoms with E-state index in [0.717, 1.165) is 10.4 Å². The van der Waals surface area contributed by atoms with E-state index < -0.39 is 17.9 Å². The van der Waals surface area contributed by atoms with Crippen molar-refractivity contribution in [1.29, 1.82) is 0 Å². The first kappa shape index (κ1) is 13.8. The van der Waals surface area contributed by atoms with Crippen LogP contribution >= 0.6 is 0 Å². The van der Waals surface area contributed by atoms with E-state index in [1.807, 2.05) is 52.0 Å². The van der Waals surface area contributed by atoms with Crippen LogP contribution in [-0.4, -0.2) is 28.8 Å². The van der Waals surface area contributed by atoms with Crippen LogP contribution in [0.15, 0.2) is 29.2 Å². The summed E-state index contributed by atoms with van der Waals surface area (Å²) >= 11 is 0. The smallest absolute Gasteiger partial charge is 0.399 e. The van der Waals surface area contributed by atoms with Crippen molar-refractivity contribution >= 4 is 23.4 Å². The van der Waals surface area contributed by atoms with Crippen molar-refractivity contribution < 1.29 is 13.5 Å². The summed E-state index contributed by atoms with van der Waals surface area (Å²) in [5.74, 6) is 0. The molecule has 0 amide bonds. The lowest BCUT2D eigenvalue weighted by Crippen LogP contribution is -2.41. The summed E-state index contributed by atoms with van der Waals surface area (Å²) in [7, 11) is -1.38. The molecule has 0 radical (unpaired) electrons. The first-order valence-electron chi connectivity index (χ1n) is 6.02. The third kappa shape index (κ3) is 2.39. The largest absolute Gasteiger partial charge is 0.494 e. The molecule has 1 aromatic carbocycles. The van der Waals surface area contributed by atoms with Gasteiger partial charge in [-0.05, 0) is 45.3 Å². The molecule has 0 aliphatic carbocycles. The number of hydrogen-bond acceptors (Lipinski definition) is 3. The average Bonchev–Trinajstić information content (AvgIpc) is 2.48. The maximum Gasteiger partial charge on any atom is 0.494 e. The predicted molar refractivity (Wildman–Crippen MR) is 74.5 cm³/mol. The van der Waals surface area contributed by atoms with Crippen molar-refractivity contribution in [2.45, 2.75) is 43.8 Å². The molecule has 0 spiro atoms. The van der Waals surface area contributed by atoms with Crippen LogP contribution in [-0.2, 0) is 20.1 Å². The van der Waals surface area contributed by atoms with E-state index in [9.17, 15) is 4.21 Å². The Morgan fingerprint density at radius 1 is 1.11 bits per heavy atom. The van der Waals surface area contributed by atoms with Crippen LogP contribution in [0.4, 0.5) is 0 Å². The summed E-state index contributed by atoms with van der Waals surface area (Å²) in [6.45, 7) is 8.09. The molecule has 0 N–H and O–H groups in total. The van der Waals surface area contributed by atoms with Gasteiger partial charge in [-0.25, -0.2) is 0 Å². The third-order valence-electron chi connectivity index (χ3n) is 3.72. The lowest BCUT2D eigenvalue weighted by atomic mass is 9.79. The summed E-state index contributed by atoms with van der Waals surface area (Å²) in [6, 6.07) is 7.57. The molecule has 98 valence electrons. The SMILES string of the molecule is CS(=O)c1cccc(B2OC(C)(C)C(C)(C)O2)c1. The van der Waals surface area contributed by atoms with Crippen molar-refractivity contribution in [2.24, 2.45) is 0 Å². The normalized spacial score (nSPS) is 23.1. The second kappa shape index (κ2) is 4.47. The van der Waals surface area contributed by atoms with E-state index in [2.05, 4.69) is 0 Å². The summed E-state index contributed by atoms with van der Waals surface area (Å²) in [5, 5.41) is 0. The summed E-state index contributed by atoms with van der Waals surface area (Å²) in [4.78, 5) is 0.794. The molecule has 2 rings (SSSR count). The number of rotatable bonds is 2. The molecule has 1 aromatic rings. The molecule has 0 bridgehead atoms. The highest BCUT2D eigenvalue weighted by Gasteiger charge is 2.51. The minimum atomic E-state index is -0.989. The first-order valence-corrected chi connectivity index (χ1v) is 7.58. The van der Waals surface area contributed by atoms with Crippen LogP contribution in [0.25, 0.3) is 0 Å². The molecule has 1 atom stereocenters. The standard InChI is InChI=1S/C13H19BO3S/c1-12(2)13(3,4)17-14(16-12)10-7-6-8-11(9-10)18(5)15/h6-9H,1-5H3. The Kier molecular flexibility index (Phi) is 3.43. The van der Waals surface area contributed by atoms with Gasteiger partial charge in [0.2, 0.25) is 0 Å². The molecule has 5 heteroatoms. The second-order valence-corrected chi connectivity index (χ2v) is 6.99. The Labute approximate surface area is 111 Å². The van der Waals surface area contributed by atoms with Gasteiger partial charge in [0.05, 0.1) is 11.2 Å². The van der Waals surface area contributed by atoms with Crippen LogP contribution in [0.3, 0.4) is 0 Å². The van der Waals surface area contributed by atoms with Gasteiger partial charge in [-0.15, -0.1) is 0 Å². The van der Waals surface area contributed by atoms with Gasteiger partial charge in [0.1, 0.15) is 0 Å². The Bertz CT molecular complexity index is 469. The van der Waals surface area contributed by atoms with E-state index in [1.54, 1.807) is 6.26 Å². The molecular formula is C13H19BO3S. The van der Waals surface area contributed by atoms with Gasteiger partial charge >= 0.3 is 7.12 Å². The average molecular weight is 266 g/mol. The van der Waals surface area contributed by atoms with Gasteiger partial charge in [0, 0.05) is 22.0 Å². The highest BCUT2D eigenvalue weighted by atomic mass is 32.2. The van der Waals surface area contributed by atoms with Crippen LogP contribution < -0.4 is 5.46 Å². The fraction of sp³-hybridized carbons (Fsp3) is 0.538. The fourth-order valence-corrected chi connectivity index (χ4v) is 2.39.